The molecule has 104 valence electrons. The summed E-state index contributed by atoms with van der Waals surface area (Å²) in [5, 5.41) is 3.49. The third kappa shape index (κ3) is 3.45. The molecule has 0 aromatic carbocycles. The van der Waals surface area contributed by atoms with Crippen molar-refractivity contribution in [3.05, 3.63) is 0 Å². The van der Waals surface area contributed by atoms with Gasteiger partial charge in [-0.2, -0.15) is 0 Å². The highest BCUT2D eigenvalue weighted by atomic mass is 16.5. The van der Waals surface area contributed by atoms with Crippen molar-refractivity contribution in [2.24, 2.45) is 5.41 Å². The first-order valence-electron chi connectivity index (χ1n) is 7.21. The zero-order valence-electron chi connectivity index (χ0n) is 11.7. The monoisotopic (exact) mass is 254 g/mol. The smallest absolute Gasteiger partial charge is 0.248 e. The third-order valence-corrected chi connectivity index (χ3v) is 4.11. The Morgan fingerprint density at radius 1 is 1.39 bits per heavy atom. The van der Waals surface area contributed by atoms with E-state index in [1.165, 1.54) is 19.3 Å². The summed E-state index contributed by atoms with van der Waals surface area (Å²) >= 11 is 0. The van der Waals surface area contributed by atoms with Gasteiger partial charge in [-0.05, 0) is 46.1 Å². The number of likely N-dealkylation sites (tertiary alicyclic amines) is 1. The van der Waals surface area contributed by atoms with Gasteiger partial charge in [0.1, 0.15) is 6.61 Å². The molecule has 2 aliphatic rings. The Hall–Kier alpha value is -0.610. The van der Waals surface area contributed by atoms with Crippen LogP contribution in [0.25, 0.3) is 0 Å². The van der Waals surface area contributed by atoms with Gasteiger partial charge in [-0.1, -0.05) is 0 Å². The highest BCUT2D eigenvalue weighted by Crippen LogP contribution is 2.35. The molecule has 2 heterocycles. The van der Waals surface area contributed by atoms with Crippen molar-refractivity contribution in [3.63, 3.8) is 0 Å². The lowest BCUT2D eigenvalue weighted by molar-refractivity contribution is -0.141. The van der Waals surface area contributed by atoms with Crippen LogP contribution in [0.1, 0.15) is 39.5 Å². The van der Waals surface area contributed by atoms with E-state index in [1.807, 2.05) is 18.7 Å². The molecule has 2 fully saturated rings. The molecular formula is C14H26N2O2. The third-order valence-electron chi connectivity index (χ3n) is 4.11. The maximum absolute atomic E-state index is 12.1. The molecule has 1 N–H and O–H groups in total. The van der Waals surface area contributed by atoms with Gasteiger partial charge in [-0.15, -0.1) is 0 Å². The van der Waals surface area contributed by atoms with E-state index in [0.29, 0.717) is 5.41 Å². The maximum atomic E-state index is 12.1. The topological polar surface area (TPSA) is 41.6 Å². The Bertz CT molecular complexity index is 280. The molecule has 0 radical (unpaired) electrons. The van der Waals surface area contributed by atoms with Gasteiger partial charge in [0.05, 0.1) is 6.10 Å². The van der Waals surface area contributed by atoms with Crippen LogP contribution in [-0.2, 0) is 9.53 Å². The normalized spacial score (nSPS) is 28.9. The first-order valence-corrected chi connectivity index (χ1v) is 7.21. The summed E-state index contributed by atoms with van der Waals surface area (Å²) in [6.07, 6.45) is 5.02. The second-order valence-electron chi connectivity index (χ2n) is 6.06. The fraction of sp³-hybridized carbons (Fsp3) is 0.929. The molecule has 0 aromatic heterocycles. The van der Waals surface area contributed by atoms with E-state index in [2.05, 4.69) is 5.32 Å². The first-order chi connectivity index (χ1) is 8.61. The van der Waals surface area contributed by atoms with Crippen molar-refractivity contribution in [1.29, 1.82) is 0 Å². The Balaban J connectivity index is 1.87. The van der Waals surface area contributed by atoms with Gasteiger partial charge in [0, 0.05) is 25.0 Å². The minimum atomic E-state index is 0.129. The molecule has 0 bridgehead atoms. The molecule has 1 spiro atoms. The van der Waals surface area contributed by atoms with E-state index >= 15 is 0 Å². The molecule has 2 aliphatic heterocycles. The van der Waals surface area contributed by atoms with Gasteiger partial charge in [0.15, 0.2) is 0 Å². The van der Waals surface area contributed by atoms with Gasteiger partial charge in [-0.3, -0.25) is 4.79 Å². The van der Waals surface area contributed by atoms with Crippen LogP contribution in [-0.4, -0.2) is 49.7 Å². The van der Waals surface area contributed by atoms with Crippen LogP contribution < -0.4 is 5.32 Å². The number of carbonyl (C=O) groups is 1. The van der Waals surface area contributed by atoms with Crippen molar-refractivity contribution in [3.8, 4) is 0 Å². The van der Waals surface area contributed by atoms with E-state index in [9.17, 15) is 4.79 Å². The SMILES string of the molecule is CC(C)OCC(=O)N1CCCC2(CCCNC2)C1. The molecule has 0 aliphatic carbocycles. The molecular weight excluding hydrogens is 228 g/mol. The summed E-state index contributed by atoms with van der Waals surface area (Å²) in [5.41, 5.74) is 0.337. The van der Waals surface area contributed by atoms with E-state index in [0.717, 1.165) is 32.6 Å². The Morgan fingerprint density at radius 2 is 2.17 bits per heavy atom. The number of nitrogens with zero attached hydrogens (tertiary/aromatic N) is 1. The van der Waals surface area contributed by atoms with Crippen molar-refractivity contribution in [2.75, 3.05) is 32.8 Å². The van der Waals surface area contributed by atoms with E-state index in [1.54, 1.807) is 0 Å². The number of hydrogen-bond donors (Lipinski definition) is 1. The van der Waals surface area contributed by atoms with Crippen LogP contribution in [0.15, 0.2) is 0 Å². The molecule has 1 atom stereocenters. The fourth-order valence-corrected chi connectivity index (χ4v) is 3.13. The van der Waals surface area contributed by atoms with Crippen LogP contribution in [0.2, 0.25) is 0 Å². The van der Waals surface area contributed by atoms with E-state index < -0.39 is 0 Å². The molecule has 2 rings (SSSR count). The van der Waals surface area contributed by atoms with Crippen LogP contribution in [0.5, 0.6) is 0 Å². The second-order valence-corrected chi connectivity index (χ2v) is 6.06. The Kier molecular flexibility index (Phi) is 4.62. The summed E-state index contributed by atoms with van der Waals surface area (Å²) in [6, 6.07) is 0. The van der Waals surface area contributed by atoms with Crippen molar-refractivity contribution in [2.45, 2.75) is 45.6 Å². The van der Waals surface area contributed by atoms with Crippen molar-refractivity contribution < 1.29 is 9.53 Å². The average Bonchev–Trinajstić information content (AvgIpc) is 2.37. The minimum absolute atomic E-state index is 0.129. The Morgan fingerprint density at radius 3 is 2.83 bits per heavy atom. The lowest BCUT2D eigenvalue weighted by Crippen LogP contribution is -2.53. The number of ether oxygens (including phenoxy) is 1. The van der Waals surface area contributed by atoms with E-state index in [-0.39, 0.29) is 18.6 Å². The molecule has 4 heteroatoms. The zero-order chi connectivity index (χ0) is 13.0. The highest BCUT2D eigenvalue weighted by Gasteiger charge is 2.37. The molecule has 0 aromatic rings. The molecule has 1 unspecified atom stereocenters. The number of nitrogens with one attached hydrogen (secondary N) is 1. The maximum Gasteiger partial charge on any atom is 0.248 e. The standard InChI is InChI=1S/C14H26N2O2/c1-12(2)18-9-13(17)16-8-4-6-14(11-16)5-3-7-15-10-14/h12,15H,3-11H2,1-2H3. The molecule has 18 heavy (non-hydrogen) atoms. The zero-order valence-corrected chi connectivity index (χ0v) is 11.7. The summed E-state index contributed by atoms with van der Waals surface area (Å²) in [4.78, 5) is 14.1. The molecule has 2 saturated heterocycles. The van der Waals surface area contributed by atoms with Gasteiger partial charge in [0.2, 0.25) is 5.91 Å². The largest absolute Gasteiger partial charge is 0.369 e. The predicted molar refractivity (Wildman–Crippen MR) is 71.4 cm³/mol. The van der Waals surface area contributed by atoms with Crippen LogP contribution in [0, 0.1) is 5.41 Å². The Labute approximate surface area is 110 Å². The summed E-state index contributed by atoms with van der Waals surface area (Å²) in [7, 11) is 0. The van der Waals surface area contributed by atoms with Crippen LogP contribution in [0.4, 0.5) is 0 Å². The lowest BCUT2D eigenvalue weighted by atomic mass is 9.74. The first kappa shape index (κ1) is 13.8. The highest BCUT2D eigenvalue weighted by molar-refractivity contribution is 5.77. The quantitative estimate of drug-likeness (QED) is 0.828. The summed E-state index contributed by atoms with van der Waals surface area (Å²) in [6.45, 7) is 8.20. The summed E-state index contributed by atoms with van der Waals surface area (Å²) < 4.78 is 5.43. The average molecular weight is 254 g/mol. The van der Waals surface area contributed by atoms with Gasteiger partial charge >= 0.3 is 0 Å². The minimum Gasteiger partial charge on any atom is -0.369 e. The predicted octanol–water partition coefficient (Wildman–Crippen LogP) is 1.40. The van der Waals surface area contributed by atoms with Crippen molar-refractivity contribution in [1.82, 2.24) is 10.2 Å². The van der Waals surface area contributed by atoms with Crippen molar-refractivity contribution >= 4 is 5.91 Å². The number of amides is 1. The fourth-order valence-electron chi connectivity index (χ4n) is 3.13. The summed E-state index contributed by atoms with van der Waals surface area (Å²) in [5.74, 6) is 0.161. The van der Waals surface area contributed by atoms with Crippen LogP contribution in [0.3, 0.4) is 0 Å². The molecule has 4 nitrogen and oxygen atoms in total. The van der Waals surface area contributed by atoms with Gasteiger partial charge in [0.25, 0.3) is 0 Å². The number of rotatable bonds is 3. The van der Waals surface area contributed by atoms with Crippen LogP contribution >= 0.6 is 0 Å². The number of hydrogen-bond acceptors (Lipinski definition) is 3. The van der Waals surface area contributed by atoms with Gasteiger partial charge < -0.3 is 15.0 Å². The number of carbonyl (C=O) groups excluding carboxylic acids is 1. The molecule has 1 amide bonds. The van der Waals surface area contributed by atoms with E-state index in [4.69, 9.17) is 4.74 Å². The van der Waals surface area contributed by atoms with Gasteiger partial charge in [-0.25, -0.2) is 0 Å². The number of piperidine rings is 2. The second kappa shape index (κ2) is 6.02. The lowest BCUT2D eigenvalue weighted by Gasteiger charge is -2.45. The molecule has 0 saturated carbocycles.